The molecular weight excluding hydrogens is 317 g/mol. The molecule has 0 unspecified atom stereocenters. The predicted octanol–water partition coefficient (Wildman–Crippen LogP) is 2.42. The highest BCUT2D eigenvalue weighted by Crippen LogP contribution is 2.20. The van der Waals surface area contributed by atoms with Crippen LogP contribution in [-0.4, -0.2) is 53.9 Å². The van der Waals surface area contributed by atoms with Crippen molar-refractivity contribution in [1.82, 2.24) is 20.0 Å². The number of hydrogen-bond donors (Lipinski definition) is 1. The van der Waals surface area contributed by atoms with Gasteiger partial charge in [-0.3, -0.25) is 9.58 Å². The van der Waals surface area contributed by atoms with E-state index in [-0.39, 0.29) is 5.82 Å². The van der Waals surface area contributed by atoms with Crippen molar-refractivity contribution in [1.29, 1.82) is 0 Å². The highest BCUT2D eigenvalue weighted by atomic mass is 19.1. The highest BCUT2D eigenvalue weighted by molar-refractivity contribution is 5.47. The van der Waals surface area contributed by atoms with E-state index < -0.39 is 0 Å². The van der Waals surface area contributed by atoms with E-state index in [9.17, 15) is 4.39 Å². The second-order valence-electron chi connectivity index (χ2n) is 6.76. The molecule has 1 aliphatic rings. The van der Waals surface area contributed by atoms with Gasteiger partial charge in [0.15, 0.2) is 0 Å². The molecule has 0 spiro atoms. The molecule has 25 heavy (non-hydrogen) atoms. The number of piperazine rings is 1. The average molecular weight is 345 g/mol. The summed E-state index contributed by atoms with van der Waals surface area (Å²) < 4.78 is 15.7. The number of para-hydroxylation sites is 1. The smallest absolute Gasteiger partial charge is 0.146 e. The predicted molar refractivity (Wildman–Crippen MR) is 99.3 cm³/mol. The van der Waals surface area contributed by atoms with Crippen LogP contribution in [-0.2, 0) is 7.05 Å². The normalized spacial score (nSPS) is 17.0. The van der Waals surface area contributed by atoms with Crippen LogP contribution in [0, 0.1) is 5.82 Å². The molecule has 0 saturated carbocycles. The van der Waals surface area contributed by atoms with Crippen molar-refractivity contribution >= 4 is 5.69 Å². The fourth-order valence-corrected chi connectivity index (χ4v) is 3.32. The minimum absolute atomic E-state index is 0.121. The molecule has 1 saturated heterocycles. The summed E-state index contributed by atoms with van der Waals surface area (Å²) in [6.07, 6.45) is 5.09. The number of aromatic nitrogens is 2. The van der Waals surface area contributed by atoms with Crippen molar-refractivity contribution in [3.05, 3.63) is 48.0 Å². The Morgan fingerprint density at radius 3 is 2.64 bits per heavy atom. The van der Waals surface area contributed by atoms with Crippen LogP contribution < -0.4 is 10.2 Å². The lowest BCUT2D eigenvalue weighted by molar-refractivity contribution is 0.252. The van der Waals surface area contributed by atoms with Crippen molar-refractivity contribution in [2.75, 3.05) is 44.2 Å². The molecule has 1 N–H and O–H groups in total. The summed E-state index contributed by atoms with van der Waals surface area (Å²) in [5, 5.41) is 7.77. The lowest BCUT2D eigenvalue weighted by atomic mass is 10.2. The first-order valence-corrected chi connectivity index (χ1v) is 9.07. The van der Waals surface area contributed by atoms with Crippen LogP contribution in [0.3, 0.4) is 0 Å². The van der Waals surface area contributed by atoms with Crippen LogP contribution in [0.5, 0.6) is 0 Å². The van der Waals surface area contributed by atoms with E-state index in [1.807, 2.05) is 30.1 Å². The number of hydrogen-bond acceptors (Lipinski definition) is 4. The quantitative estimate of drug-likeness (QED) is 0.782. The Labute approximate surface area is 149 Å². The Morgan fingerprint density at radius 1 is 1.20 bits per heavy atom. The van der Waals surface area contributed by atoms with Crippen LogP contribution in [0.1, 0.15) is 24.9 Å². The number of nitrogens with zero attached hydrogens (tertiary/aromatic N) is 4. The standard InChI is InChI=1S/C19H28FN5/c1-16(17-14-22-23(2)15-17)21-8-5-9-24-10-12-25(13-11-24)19-7-4-3-6-18(19)20/h3-4,6-7,14-16,21H,5,8-13H2,1-2H3/t16-/m0/s1. The monoisotopic (exact) mass is 345 g/mol. The minimum atomic E-state index is -0.121. The van der Waals surface area contributed by atoms with Crippen LogP contribution in [0.25, 0.3) is 0 Å². The first kappa shape index (κ1) is 17.9. The van der Waals surface area contributed by atoms with Crippen molar-refractivity contribution in [3.8, 4) is 0 Å². The van der Waals surface area contributed by atoms with Crippen LogP contribution in [0.15, 0.2) is 36.7 Å². The fourth-order valence-electron chi connectivity index (χ4n) is 3.32. The van der Waals surface area contributed by atoms with Gasteiger partial charge in [0, 0.05) is 51.0 Å². The van der Waals surface area contributed by atoms with Crippen molar-refractivity contribution < 1.29 is 4.39 Å². The van der Waals surface area contributed by atoms with Gasteiger partial charge in [0.2, 0.25) is 0 Å². The molecule has 1 aromatic heterocycles. The summed E-state index contributed by atoms with van der Waals surface area (Å²) in [6, 6.07) is 7.38. The molecule has 1 atom stereocenters. The third-order valence-electron chi connectivity index (χ3n) is 4.89. The maximum absolute atomic E-state index is 13.9. The molecule has 0 amide bonds. The second-order valence-corrected chi connectivity index (χ2v) is 6.76. The Balaban J connectivity index is 1.35. The van der Waals surface area contributed by atoms with Gasteiger partial charge in [0.25, 0.3) is 0 Å². The molecule has 1 aromatic carbocycles. The number of anilines is 1. The van der Waals surface area contributed by atoms with Gasteiger partial charge in [-0.25, -0.2) is 4.39 Å². The van der Waals surface area contributed by atoms with Gasteiger partial charge >= 0.3 is 0 Å². The highest BCUT2D eigenvalue weighted by Gasteiger charge is 2.18. The summed E-state index contributed by atoms with van der Waals surface area (Å²) >= 11 is 0. The van der Waals surface area contributed by atoms with E-state index in [1.54, 1.807) is 6.07 Å². The average Bonchev–Trinajstić information content (AvgIpc) is 3.06. The fraction of sp³-hybridized carbons (Fsp3) is 0.526. The van der Waals surface area contributed by atoms with E-state index in [1.165, 1.54) is 11.6 Å². The maximum Gasteiger partial charge on any atom is 0.146 e. The Kier molecular flexibility index (Phi) is 6.04. The number of aryl methyl sites for hydroxylation is 1. The largest absolute Gasteiger partial charge is 0.367 e. The third-order valence-corrected chi connectivity index (χ3v) is 4.89. The summed E-state index contributed by atoms with van der Waals surface area (Å²) in [6.45, 7) is 8.01. The molecule has 2 aromatic rings. The van der Waals surface area contributed by atoms with Gasteiger partial charge in [0.05, 0.1) is 11.9 Å². The Morgan fingerprint density at radius 2 is 1.96 bits per heavy atom. The van der Waals surface area contributed by atoms with Crippen molar-refractivity contribution in [2.45, 2.75) is 19.4 Å². The molecule has 6 heteroatoms. The summed E-state index contributed by atoms with van der Waals surface area (Å²) in [7, 11) is 1.94. The van der Waals surface area contributed by atoms with Crippen LogP contribution in [0.4, 0.5) is 10.1 Å². The molecular formula is C19H28FN5. The second kappa shape index (κ2) is 8.45. The van der Waals surface area contributed by atoms with E-state index in [4.69, 9.17) is 0 Å². The summed E-state index contributed by atoms with van der Waals surface area (Å²) in [5.41, 5.74) is 1.95. The van der Waals surface area contributed by atoms with Gasteiger partial charge in [-0.2, -0.15) is 5.10 Å². The summed E-state index contributed by atoms with van der Waals surface area (Å²) in [4.78, 5) is 4.61. The molecule has 136 valence electrons. The van der Waals surface area contributed by atoms with E-state index in [2.05, 4.69) is 33.3 Å². The van der Waals surface area contributed by atoms with Crippen molar-refractivity contribution in [3.63, 3.8) is 0 Å². The molecule has 3 rings (SSSR count). The zero-order valence-electron chi connectivity index (χ0n) is 15.2. The van der Waals surface area contributed by atoms with Gasteiger partial charge in [-0.05, 0) is 38.6 Å². The van der Waals surface area contributed by atoms with Gasteiger partial charge < -0.3 is 10.2 Å². The minimum Gasteiger partial charge on any atom is -0.367 e. The van der Waals surface area contributed by atoms with E-state index in [0.717, 1.165) is 51.4 Å². The molecule has 1 aliphatic heterocycles. The molecule has 5 nitrogen and oxygen atoms in total. The molecule has 0 bridgehead atoms. The lowest BCUT2D eigenvalue weighted by Crippen LogP contribution is -2.47. The molecule has 0 aliphatic carbocycles. The van der Waals surface area contributed by atoms with Crippen LogP contribution in [0.2, 0.25) is 0 Å². The topological polar surface area (TPSA) is 36.3 Å². The Bertz CT molecular complexity index is 663. The van der Waals surface area contributed by atoms with Gasteiger partial charge in [-0.15, -0.1) is 0 Å². The number of benzene rings is 1. The number of halogens is 1. The molecule has 0 radical (unpaired) electrons. The molecule has 2 heterocycles. The first-order valence-electron chi connectivity index (χ1n) is 9.07. The zero-order chi connectivity index (χ0) is 17.6. The number of rotatable bonds is 7. The molecule has 1 fully saturated rings. The maximum atomic E-state index is 13.9. The lowest BCUT2D eigenvalue weighted by Gasteiger charge is -2.36. The van der Waals surface area contributed by atoms with E-state index >= 15 is 0 Å². The van der Waals surface area contributed by atoms with Gasteiger partial charge in [0.1, 0.15) is 5.82 Å². The van der Waals surface area contributed by atoms with Crippen molar-refractivity contribution in [2.24, 2.45) is 7.05 Å². The summed E-state index contributed by atoms with van der Waals surface area (Å²) in [5.74, 6) is -0.121. The zero-order valence-corrected chi connectivity index (χ0v) is 15.2. The van der Waals surface area contributed by atoms with Crippen LogP contribution >= 0.6 is 0 Å². The van der Waals surface area contributed by atoms with Gasteiger partial charge in [-0.1, -0.05) is 12.1 Å². The SMILES string of the molecule is C[C@H](NCCCN1CCN(c2ccccc2F)CC1)c1cnn(C)c1. The first-order chi connectivity index (χ1) is 12.1. The number of nitrogens with one attached hydrogen (secondary N) is 1. The third kappa shape index (κ3) is 4.80. The van der Waals surface area contributed by atoms with E-state index in [0.29, 0.717) is 6.04 Å². The Hall–Kier alpha value is -1.92.